The average Bonchev–Trinajstić information content (AvgIpc) is 2.82. The molecule has 0 fully saturated rings. The maximum absolute atomic E-state index is 11.2. The summed E-state index contributed by atoms with van der Waals surface area (Å²) in [5.74, 6) is -0.347. The van der Waals surface area contributed by atoms with Crippen molar-refractivity contribution in [1.82, 2.24) is 10.3 Å². The summed E-state index contributed by atoms with van der Waals surface area (Å²) in [6, 6.07) is 3.92. The molecule has 1 unspecified atom stereocenters. The van der Waals surface area contributed by atoms with Crippen LogP contribution in [0.3, 0.4) is 0 Å². The minimum absolute atomic E-state index is 0.324. The van der Waals surface area contributed by atoms with E-state index in [1.165, 1.54) is 7.11 Å². The maximum Gasteiger partial charge on any atom is 0.354 e. The summed E-state index contributed by atoms with van der Waals surface area (Å²) in [6.45, 7) is 3.46. The molecule has 0 radical (unpaired) electrons. The number of esters is 1. The smallest absolute Gasteiger partial charge is 0.354 e. The van der Waals surface area contributed by atoms with Gasteiger partial charge in [-0.25, -0.2) is 4.79 Å². The van der Waals surface area contributed by atoms with Gasteiger partial charge in [-0.05, 0) is 18.6 Å². The third kappa shape index (κ3) is 4.20. The van der Waals surface area contributed by atoms with Crippen LogP contribution in [-0.2, 0) is 16.0 Å². The Balaban J connectivity index is 2.46. The van der Waals surface area contributed by atoms with E-state index in [4.69, 9.17) is 4.74 Å². The molecule has 1 rings (SSSR count). The molecule has 1 aromatic heterocycles. The normalized spacial score (nSPS) is 12.4. The van der Waals surface area contributed by atoms with E-state index in [9.17, 15) is 4.79 Å². The van der Waals surface area contributed by atoms with Crippen LogP contribution >= 0.6 is 0 Å². The van der Waals surface area contributed by atoms with Crippen molar-refractivity contribution in [2.45, 2.75) is 25.9 Å². The van der Waals surface area contributed by atoms with E-state index in [1.807, 2.05) is 6.07 Å². The van der Waals surface area contributed by atoms with E-state index in [0.29, 0.717) is 24.9 Å². The molecule has 5 heteroatoms. The van der Waals surface area contributed by atoms with Crippen LogP contribution in [-0.4, -0.2) is 37.8 Å². The molecule has 0 aliphatic rings. The van der Waals surface area contributed by atoms with Gasteiger partial charge in [0.15, 0.2) is 0 Å². The minimum Gasteiger partial charge on any atom is -0.464 e. The van der Waals surface area contributed by atoms with Crippen molar-refractivity contribution in [3.63, 3.8) is 0 Å². The second kappa shape index (κ2) is 7.09. The number of hydrogen-bond acceptors (Lipinski definition) is 4. The molecule has 0 bridgehead atoms. The molecule has 1 atom stereocenters. The predicted octanol–water partition coefficient (Wildman–Crippen LogP) is 1.32. The summed E-state index contributed by atoms with van der Waals surface area (Å²) in [5.41, 5.74) is 1.43. The number of aromatic amines is 1. The maximum atomic E-state index is 11.2. The molecule has 0 aliphatic heterocycles. The van der Waals surface area contributed by atoms with E-state index in [2.05, 4.69) is 22.0 Å². The summed E-state index contributed by atoms with van der Waals surface area (Å²) >= 11 is 0. The Morgan fingerprint density at radius 3 is 2.82 bits per heavy atom. The van der Waals surface area contributed by atoms with Crippen LogP contribution in [0, 0.1) is 0 Å². The van der Waals surface area contributed by atoms with E-state index in [-0.39, 0.29) is 5.97 Å². The number of carbonyl (C=O) groups excluding carboxylic acids is 1. The molecule has 0 amide bonds. The van der Waals surface area contributed by atoms with Crippen molar-refractivity contribution in [3.05, 3.63) is 23.5 Å². The molecule has 0 saturated heterocycles. The molecular weight excluding hydrogens is 220 g/mol. The third-order valence-electron chi connectivity index (χ3n) is 2.59. The predicted molar refractivity (Wildman–Crippen MR) is 64.9 cm³/mol. The van der Waals surface area contributed by atoms with Gasteiger partial charge in [0.05, 0.1) is 13.7 Å². The third-order valence-corrected chi connectivity index (χ3v) is 2.59. The monoisotopic (exact) mass is 240 g/mol. The Morgan fingerprint density at radius 2 is 2.24 bits per heavy atom. The second-order valence-corrected chi connectivity index (χ2v) is 3.83. The lowest BCUT2D eigenvalue weighted by Crippen LogP contribution is -2.32. The number of hydrogen-bond donors (Lipinski definition) is 2. The Morgan fingerprint density at radius 1 is 1.47 bits per heavy atom. The fraction of sp³-hybridized carbons (Fsp3) is 0.583. The molecule has 5 nitrogen and oxygen atoms in total. The molecule has 1 heterocycles. The Labute approximate surface area is 101 Å². The number of ether oxygens (including phenoxy) is 2. The zero-order valence-electron chi connectivity index (χ0n) is 10.6. The first-order valence-electron chi connectivity index (χ1n) is 5.69. The van der Waals surface area contributed by atoms with Gasteiger partial charge in [0.25, 0.3) is 0 Å². The van der Waals surface area contributed by atoms with E-state index in [0.717, 1.165) is 12.1 Å². The molecule has 0 aromatic carbocycles. The van der Waals surface area contributed by atoms with Crippen molar-refractivity contribution in [3.8, 4) is 0 Å². The summed E-state index contributed by atoms with van der Waals surface area (Å²) in [5, 5.41) is 3.35. The van der Waals surface area contributed by atoms with Crippen LogP contribution in [0.15, 0.2) is 12.1 Å². The highest BCUT2D eigenvalue weighted by molar-refractivity contribution is 5.87. The first-order chi connectivity index (χ1) is 8.21. The first kappa shape index (κ1) is 13.7. The van der Waals surface area contributed by atoms with Gasteiger partial charge in [-0.15, -0.1) is 0 Å². The van der Waals surface area contributed by atoms with Gasteiger partial charge in [0.1, 0.15) is 5.69 Å². The van der Waals surface area contributed by atoms with Crippen LogP contribution < -0.4 is 5.32 Å². The average molecular weight is 240 g/mol. The van der Waals surface area contributed by atoms with E-state index >= 15 is 0 Å². The van der Waals surface area contributed by atoms with Crippen molar-refractivity contribution in [2.24, 2.45) is 0 Å². The highest BCUT2D eigenvalue weighted by Gasteiger charge is 2.09. The zero-order valence-corrected chi connectivity index (χ0v) is 10.6. The topological polar surface area (TPSA) is 63.4 Å². The van der Waals surface area contributed by atoms with Gasteiger partial charge in [-0.1, -0.05) is 6.92 Å². The second-order valence-electron chi connectivity index (χ2n) is 3.83. The number of rotatable bonds is 7. The van der Waals surface area contributed by atoms with Crippen molar-refractivity contribution >= 4 is 5.97 Å². The van der Waals surface area contributed by atoms with Gasteiger partial charge < -0.3 is 19.8 Å². The quantitative estimate of drug-likeness (QED) is 0.705. The van der Waals surface area contributed by atoms with E-state index < -0.39 is 0 Å². The fourth-order valence-corrected chi connectivity index (χ4v) is 1.55. The first-order valence-corrected chi connectivity index (χ1v) is 5.69. The fourth-order valence-electron chi connectivity index (χ4n) is 1.55. The molecule has 17 heavy (non-hydrogen) atoms. The Bertz CT molecular complexity index is 349. The molecular formula is C12H20N2O3. The number of carbonyl (C=O) groups is 1. The zero-order chi connectivity index (χ0) is 12.7. The molecule has 2 N–H and O–H groups in total. The summed E-state index contributed by atoms with van der Waals surface area (Å²) < 4.78 is 9.72. The minimum atomic E-state index is -0.347. The van der Waals surface area contributed by atoms with Gasteiger partial charge in [0, 0.05) is 25.4 Å². The highest BCUT2D eigenvalue weighted by atomic mass is 16.5. The summed E-state index contributed by atoms with van der Waals surface area (Å²) in [4.78, 5) is 14.2. The summed E-state index contributed by atoms with van der Waals surface area (Å²) in [6.07, 6.45) is 0.998. The van der Waals surface area contributed by atoms with Crippen molar-refractivity contribution in [1.29, 1.82) is 0 Å². The lowest BCUT2D eigenvalue weighted by atomic mass is 10.2. The van der Waals surface area contributed by atoms with Gasteiger partial charge in [-0.2, -0.15) is 0 Å². The van der Waals surface area contributed by atoms with Crippen molar-refractivity contribution in [2.75, 3.05) is 20.8 Å². The van der Waals surface area contributed by atoms with Crippen LogP contribution in [0.25, 0.3) is 0 Å². The van der Waals surface area contributed by atoms with Crippen LogP contribution in [0.1, 0.15) is 29.5 Å². The lowest BCUT2D eigenvalue weighted by molar-refractivity contribution is 0.0594. The molecule has 1 aromatic rings. The Kier molecular flexibility index (Phi) is 5.72. The number of H-pyrrole nitrogens is 1. The molecule has 0 aliphatic carbocycles. The van der Waals surface area contributed by atoms with Crippen molar-refractivity contribution < 1.29 is 14.3 Å². The van der Waals surface area contributed by atoms with Crippen LogP contribution in [0.4, 0.5) is 0 Å². The van der Waals surface area contributed by atoms with Gasteiger partial charge in [0.2, 0.25) is 0 Å². The SMILES string of the molecule is CCC(COC)NCc1ccc(C(=O)OC)[nH]1. The standard InChI is InChI=1S/C12H20N2O3/c1-4-9(8-16-2)13-7-10-5-6-11(14-10)12(15)17-3/h5-6,9,13-14H,4,7-8H2,1-3H3. The largest absolute Gasteiger partial charge is 0.464 e. The summed E-state index contributed by atoms with van der Waals surface area (Å²) in [7, 11) is 3.06. The molecule has 0 saturated carbocycles. The Hall–Kier alpha value is -1.33. The highest BCUT2D eigenvalue weighted by Crippen LogP contribution is 2.04. The van der Waals surface area contributed by atoms with Gasteiger partial charge in [-0.3, -0.25) is 0 Å². The van der Waals surface area contributed by atoms with E-state index in [1.54, 1.807) is 13.2 Å². The number of aromatic nitrogens is 1. The molecule has 96 valence electrons. The molecule has 0 spiro atoms. The van der Waals surface area contributed by atoms with Gasteiger partial charge >= 0.3 is 5.97 Å². The van der Waals surface area contributed by atoms with Crippen LogP contribution in [0.2, 0.25) is 0 Å². The van der Waals surface area contributed by atoms with Crippen LogP contribution in [0.5, 0.6) is 0 Å². The lowest BCUT2D eigenvalue weighted by Gasteiger charge is -2.15. The number of nitrogens with one attached hydrogen (secondary N) is 2. The number of methoxy groups -OCH3 is 2.